The van der Waals surface area contributed by atoms with Gasteiger partial charge in [0.05, 0.1) is 6.61 Å². The van der Waals surface area contributed by atoms with Crippen molar-refractivity contribution in [2.75, 3.05) is 6.61 Å². The van der Waals surface area contributed by atoms with E-state index < -0.39 is 6.10 Å². The monoisotopic (exact) mass is 326 g/mol. The Morgan fingerprint density at radius 2 is 1.54 bits per heavy atom. The van der Waals surface area contributed by atoms with Crippen LogP contribution in [0.3, 0.4) is 0 Å². The third-order valence-corrected chi connectivity index (χ3v) is 3.89. The van der Waals surface area contributed by atoms with E-state index in [1.54, 1.807) is 0 Å². The molecule has 2 rings (SSSR count). The number of ether oxygens (including phenoxy) is 2. The van der Waals surface area contributed by atoms with Crippen LogP contribution in [0.4, 0.5) is 0 Å². The Hall–Kier alpha value is -2.29. The van der Waals surface area contributed by atoms with Gasteiger partial charge in [0.15, 0.2) is 6.10 Å². The summed E-state index contributed by atoms with van der Waals surface area (Å²) in [5, 5.41) is 0. The van der Waals surface area contributed by atoms with Crippen LogP contribution < -0.4 is 4.74 Å². The zero-order valence-corrected chi connectivity index (χ0v) is 14.7. The molecule has 0 aliphatic rings. The Labute approximate surface area is 144 Å². The van der Waals surface area contributed by atoms with E-state index in [2.05, 4.69) is 38.1 Å². The van der Waals surface area contributed by atoms with Crippen LogP contribution in [0, 0.1) is 6.92 Å². The molecule has 1 atom stereocenters. The van der Waals surface area contributed by atoms with Gasteiger partial charge in [0.25, 0.3) is 0 Å². The molecule has 2 aromatic rings. The first kappa shape index (κ1) is 18.1. The lowest BCUT2D eigenvalue weighted by molar-refractivity contribution is -0.152. The number of hydrogen-bond donors (Lipinski definition) is 0. The number of hydrogen-bond acceptors (Lipinski definition) is 3. The number of rotatable bonds is 8. The van der Waals surface area contributed by atoms with Crippen molar-refractivity contribution in [2.24, 2.45) is 0 Å². The lowest BCUT2D eigenvalue weighted by Crippen LogP contribution is -2.29. The van der Waals surface area contributed by atoms with Crippen molar-refractivity contribution in [3.63, 3.8) is 0 Å². The van der Waals surface area contributed by atoms with Gasteiger partial charge in [-0.2, -0.15) is 0 Å². The Kier molecular flexibility index (Phi) is 6.86. The van der Waals surface area contributed by atoms with E-state index in [1.165, 1.54) is 5.56 Å². The number of carbonyl (C=O) groups excluding carboxylic acids is 1. The predicted octanol–water partition coefficient (Wildman–Crippen LogP) is 5.16. The fourth-order valence-electron chi connectivity index (χ4n) is 2.34. The molecule has 0 saturated carbocycles. The molecule has 3 nitrogen and oxygen atoms in total. The highest BCUT2D eigenvalue weighted by Crippen LogP contribution is 2.23. The van der Waals surface area contributed by atoms with Crippen molar-refractivity contribution in [1.82, 2.24) is 0 Å². The van der Waals surface area contributed by atoms with E-state index in [-0.39, 0.29) is 5.97 Å². The van der Waals surface area contributed by atoms with Crippen molar-refractivity contribution >= 4 is 5.97 Å². The predicted molar refractivity (Wildman–Crippen MR) is 97.2 cm³/mol. The van der Waals surface area contributed by atoms with Gasteiger partial charge in [0.2, 0.25) is 0 Å². The number of unbranched alkanes of at least 4 members (excludes halogenated alkanes) is 1. The van der Waals surface area contributed by atoms with Gasteiger partial charge in [-0.1, -0.05) is 62.2 Å². The van der Waals surface area contributed by atoms with Crippen LogP contribution in [0.5, 0.6) is 5.75 Å². The van der Waals surface area contributed by atoms with Gasteiger partial charge < -0.3 is 9.47 Å². The number of esters is 1. The molecule has 0 fully saturated rings. The standard InChI is InChI=1S/C21H26O3/c1-4-6-15-23-21(22)20(5-2)24-19-13-11-18(12-14-19)17-9-7-16(3)8-10-17/h7-14,20H,4-6,15H2,1-3H3/t20-/m1/s1. The molecule has 3 heteroatoms. The molecule has 0 spiro atoms. The van der Waals surface area contributed by atoms with E-state index in [1.807, 2.05) is 31.2 Å². The molecule has 24 heavy (non-hydrogen) atoms. The topological polar surface area (TPSA) is 35.5 Å². The minimum Gasteiger partial charge on any atom is -0.479 e. The molecule has 0 amide bonds. The maximum absolute atomic E-state index is 12.0. The van der Waals surface area contributed by atoms with Gasteiger partial charge >= 0.3 is 5.97 Å². The van der Waals surface area contributed by atoms with Crippen molar-refractivity contribution < 1.29 is 14.3 Å². The van der Waals surface area contributed by atoms with Crippen LogP contribution >= 0.6 is 0 Å². The van der Waals surface area contributed by atoms with E-state index >= 15 is 0 Å². The van der Waals surface area contributed by atoms with Crippen LogP contribution in [0.1, 0.15) is 38.7 Å². The Morgan fingerprint density at radius 3 is 2.08 bits per heavy atom. The molecular formula is C21H26O3. The maximum Gasteiger partial charge on any atom is 0.347 e. The summed E-state index contributed by atoms with van der Waals surface area (Å²) in [7, 11) is 0. The summed E-state index contributed by atoms with van der Waals surface area (Å²) in [6.45, 7) is 6.52. The second-order valence-electron chi connectivity index (χ2n) is 5.93. The van der Waals surface area contributed by atoms with Gasteiger partial charge in [0, 0.05) is 0 Å². The maximum atomic E-state index is 12.0. The van der Waals surface area contributed by atoms with Crippen LogP contribution in [-0.4, -0.2) is 18.7 Å². The summed E-state index contributed by atoms with van der Waals surface area (Å²) in [6, 6.07) is 16.2. The SMILES string of the molecule is CCCCOC(=O)[C@@H](CC)Oc1ccc(-c2ccc(C)cc2)cc1. The third kappa shape index (κ3) is 5.12. The van der Waals surface area contributed by atoms with Crippen LogP contribution in [-0.2, 0) is 9.53 Å². The van der Waals surface area contributed by atoms with Crippen molar-refractivity contribution in [3.05, 3.63) is 54.1 Å². The van der Waals surface area contributed by atoms with Crippen LogP contribution in [0.2, 0.25) is 0 Å². The first-order valence-corrected chi connectivity index (χ1v) is 8.64. The van der Waals surface area contributed by atoms with Crippen molar-refractivity contribution in [3.8, 4) is 16.9 Å². The Morgan fingerprint density at radius 1 is 0.958 bits per heavy atom. The molecule has 0 bridgehead atoms. The quantitative estimate of drug-likeness (QED) is 0.496. The van der Waals surface area contributed by atoms with Crippen molar-refractivity contribution in [1.29, 1.82) is 0 Å². The van der Waals surface area contributed by atoms with Gasteiger partial charge in [-0.25, -0.2) is 4.79 Å². The molecular weight excluding hydrogens is 300 g/mol. The zero-order chi connectivity index (χ0) is 17.4. The van der Waals surface area contributed by atoms with Gasteiger partial charge in [-0.15, -0.1) is 0 Å². The van der Waals surface area contributed by atoms with Crippen molar-refractivity contribution in [2.45, 2.75) is 46.1 Å². The molecule has 2 aromatic carbocycles. The molecule has 0 unspecified atom stereocenters. The average molecular weight is 326 g/mol. The summed E-state index contributed by atoms with van der Waals surface area (Å²) in [5.74, 6) is 0.402. The molecule has 128 valence electrons. The molecule has 0 aliphatic carbocycles. The second kappa shape index (κ2) is 9.11. The lowest BCUT2D eigenvalue weighted by Gasteiger charge is -2.16. The smallest absolute Gasteiger partial charge is 0.347 e. The Balaban J connectivity index is 1.99. The van der Waals surface area contributed by atoms with E-state index in [0.717, 1.165) is 24.0 Å². The van der Waals surface area contributed by atoms with E-state index in [4.69, 9.17) is 9.47 Å². The van der Waals surface area contributed by atoms with Gasteiger partial charge in [0.1, 0.15) is 5.75 Å². The minimum absolute atomic E-state index is 0.284. The van der Waals surface area contributed by atoms with Crippen LogP contribution in [0.15, 0.2) is 48.5 Å². The summed E-state index contributed by atoms with van der Waals surface area (Å²) in [4.78, 5) is 12.0. The average Bonchev–Trinajstić information content (AvgIpc) is 2.61. The Bertz CT molecular complexity index is 629. The lowest BCUT2D eigenvalue weighted by atomic mass is 10.0. The fraction of sp³-hybridized carbons (Fsp3) is 0.381. The fourth-order valence-corrected chi connectivity index (χ4v) is 2.34. The summed E-state index contributed by atoms with van der Waals surface area (Å²) >= 11 is 0. The zero-order valence-electron chi connectivity index (χ0n) is 14.7. The highest BCUT2D eigenvalue weighted by Gasteiger charge is 2.19. The largest absolute Gasteiger partial charge is 0.479 e. The molecule has 0 radical (unpaired) electrons. The summed E-state index contributed by atoms with van der Waals surface area (Å²) < 4.78 is 11.0. The summed E-state index contributed by atoms with van der Waals surface area (Å²) in [5.41, 5.74) is 3.53. The number of carbonyl (C=O) groups is 1. The molecule has 0 heterocycles. The molecule has 0 aliphatic heterocycles. The normalized spacial score (nSPS) is 11.8. The van der Waals surface area contributed by atoms with Crippen LogP contribution in [0.25, 0.3) is 11.1 Å². The number of aryl methyl sites for hydroxylation is 1. The van der Waals surface area contributed by atoms with Gasteiger partial charge in [-0.05, 0) is 43.0 Å². The number of benzene rings is 2. The van der Waals surface area contributed by atoms with E-state index in [0.29, 0.717) is 18.8 Å². The molecule has 0 saturated heterocycles. The molecule has 0 aromatic heterocycles. The highest BCUT2D eigenvalue weighted by atomic mass is 16.6. The third-order valence-electron chi connectivity index (χ3n) is 3.89. The second-order valence-corrected chi connectivity index (χ2v) is 5.93. The first-order chi connectivity index (χ1) is 11.6. The molecule has 0 N–H and O–H groups in total. The van der Waals surface area contributed by atoms with E-state index in [9.17, 15) is 4.79 Å². The highest BCUT2D eigenvalue weighted by molar-refractivity contribution is 5.75. The minimum atomic E-state index is -0.549. The van der Waals surface area contributed by atoms with Gasteiger partial charge in [-0.3, -0.25) is 0 Å². The summed E-state index contributed by atoms with van der Waals surface area (Å²) in [6.07, 6.45) is 1.93. The first-order valence-electron chi connectivity index (χ1n) is 8.64.